The molecule has 0 saturated heterocycles. The molecule has 2 aromatic rings. The first-order chi connectivity index (χ1) is 9.10. The van der Waals surface area contributed by atoms with Crippen LogP contribution in [0.5, 0.6) is 0 Å². The number of rotatable bonds is 5. The highest BCUT2D eigenvalue weighted by Crippen LogP contribution is 2.19. The molecule has 2 aromatic heterocycles. The molecule has 0 aliphatic heterocycles. The van der Waals surface area contributed by atoms with Crippen molar-refractivity contribution in [1.82, 2.24) is 20.1 Å². The molecule has 102 valence electrons. The van der Waals surface area contributed by atoms with E-state index in [2.05, 4.69) is 30.7 Å². The van der Waals surface area contributed by atoms with E-state index in [1.807, 2.05) is 20.9 Å². The molecule has 2 heterocycles. The number of anilines is 2. The summed E-state index contributed by atoms with van der Waals surface area (Å²) in [5, 5.41) is 10.1. The predicted molar refractivity (Wildman–Crippen MR) is 72.3 cm³/mol. The molecule has 0 saturated carbocycles. The molecule has 7 nitrogen and oxygen atoms in total. The molecule has 19 heavy (non-hydrogen) atoms. The Morgan fingerprint density at radius 3 is 2.37 bits per heavy atom. The fourth-order valence-corrected chi connectivity index (χ4v) is 1.77. The number of nitrogens with zero attached hydrogens (tertiary/aromatic N) is 4. The third-order valence-electron chi connectivity index (χ3n) is 2.70. The molecule has 0 unspecified atom stereocenters. The Labute approximate surface area is 111 Å². The van der Waals surface area contributed by atoms with Gasteiger partial charge in [0, 0.05) is 25.6 Å². The van der Waals surface area contributed by atoms with Crippen LogP contribution in [-0.2, 0) is 6.42 Å². The van der Waals surface area contributed by atoms with Gasteiger partial charge in [-0.25, -0.2) is 9.97 Å². The maximum absolute atomic E-state index is 5.05. The van der Waals surface area contributed by atoms with Gasteiger partial charge in [0.15, 0.2) is 5.82 Å². The molecule has 0 aliphatic rings. The Morgan fingerprint density at radius 1 is 1.00 bits per heavy atom. The lowest BCUT2D eigenvalue weighted by Gasteiger charge is -2.11. The zero-order valence-corrected chi connectivity index (χ0v) is 11.6. The topological polar surface area (TPSA) is 88.8 Å². The molecule has 2 rings (SSSR count). The molecule has 0 radical (unpaired) electrons. The summed E-state index contributed by atoms with van der Waals surface area (Å²) in [7, 11) is 1.85. The zero-order valence-electron chi connectivity index (χ0n) is 11.6. The Kier molecular flexibility index (Phi) is 3.94. The average molecular weight is 262 g/mol. The maximum Gasteiger partial charge on any atom is 0.228 e. The van der Waals surface area contributed by atoms with E-state index in [0.717, 1.165) is 23.0 Å². The fourth-order valence-electron chi connectivity index (χ4n) is 1.77. The van der Waals surface area contributed by atoms with E-state index in [0.29, 0.717) is 24.7 Å². The minimum Gasteiger partial charge on any atom is -0.373 e. The standard InChI is InChI=1S/C12H18N6O/c1-7-11(13-4)16-8(2)17-12(7)14-6-5-10-15-9(3)18-19-10/h5-6H2,1-4H3,(H2,13,14,16,17). The monoisotopic (exact) mass is 262 g/mol. The van der Waals surface area contributed by atoms with Crippen molar-refractivity contribution in [2.24, 2.45) is 0 Å². The fraction of sp³-hybridized carbons (Fsp3) is 0.500. The SMILES string of the molecule is CNc1nc(C)nc(NCCc2nc(C)no2)c1C. The minimum absolute atomic E-state index is 0.627. The number of aryl methyl sites for hydroxylation is 2. The zero-order chi connectivity index (χ0) is 13.8. The van der Waals surface area contributed by atoms with Crippen molar-refractivity contribution < 1.29 is 4.52 Å². The van der Waals surface area contributed by atoms with E-state index in [1.165, 1.54) is 0 Å². The number of aromatic nitrogens is 4. The smallest absolute Gasteiger partial charge is 0.228 e. The van der Waals surface area contributed by atoms with Gasteiger partial charge in [-0.2, -0.15) is 4.98 Å². The van der Waals surface area contributed by atoms with Gasteiger partial charge in [-0.05, 0) is 20.8 Å². The van der Waals surface area contributed by atoms with Gasteiger partial charge in [0.2, 0.25) is 5.89 Å². The maximum atomic E-state index is 5.05. The molecule has 0 amide bonds. The second kappa shape index (κ2) is 5.64. The summed E-state index contributed by atoms with van der Waals surface area (Å²) in [6, 6.07) is 0. The summed E-state index contributed by atoms with van der Waals surface area (Å²) < 4.78 is 5.05. The molecular formula is C12H18N6O. The molecular weight excluding hydrogens is 244 g/mol. The van der Waals surface area contributed by atoms with Crippen LogP contribution in [0.4, 0.5) is 11.6 Å². The summed E-state index contributed by atoms with van der Waals surface area (Å²) >= 11 is 0. The largest absolute Gasteiger partial charge is 0.373 e. The summed E-state index contributed by atoms with van der Waals surface area (Å²) in [6.45, 7) is 6.33. The van der Waals surface area contributed by atoms with Gasteiger partial charge < -0.3 is 15.2 Å². The molecule has 2 N–H and O–H groups in total. The second-order valence-corrected chi connectivity index (χ2v) is 4.26. The molecule has 0 fully saturated rings. The number of nitrogens with one attached hydrogen (secondary N) is 2. The van der Waals surface area contributed by atoms with E-state index >= 15 is 0 Å². The predicted octanol–water partition coefficient (Wildman–Crippen LogP) is 1.48. The van der Waals surface area contributed by atoms with Crippen molar-refractivity contribution in [3.05, 3.63) is 23.1 Å². The summed E-state index contributed by atoms with van der Waals surface area (Å²) in [6.07, 6.45) is 0.665. The highest BCUT2D eigenvalue weighted by atomic mass is 16.5. The van der Waals surface area contributed by atoms with Crippen molar-refractivity contribution in [2.45, 2.75) is 27.2 Å². The van der Waals surface area contributed by atoms with Crippen LogP contribution < -0.4 is 10.6 Å². The van der Waals surface area contributed by atoms with E-state index in [9.17, 15) is 0 Å². The minimum atomic E-state index is 0.627. The third kappa shape index (κ3) is 3.18. The molecule has 0 atom stereocenters. The van der Waals surface area contributed by atoms with E-state index in [1.54, 1.807) is 6.92 Å². The Hall–Kier alpha value is -2.18. The summed E-state index contributed by atoms with van der Waals surface area (Å²) in [5.74, 6) is 3.67. The first-order valence-corrected chi connectivity index (χ1v) is 6.16. The molecule has 0 bridgehead atoms. The molecule has 0 aromatic carbocycles. The first kappa shape index (κ1) is 13.3. The average Bonchev–Trinajstić information content (AvgIpc) is 2.79. The highest BCUT2D eigenvalue weighted by molar-refractivity contribution is 5.56. The van der Waals surface area contributed by atoms with Gasteiger partial charge >= 0.3 is 0 Å². The van der Waals surface area contributed by atoms with E-state index in [4.69, 9.17) is 4.52 Å². The van der Waals surface area contributed by atoms with E-state index in [-0.39, 0.29) is 0 Å². The van der Waals surface area contributed by atoms with E-state index < -0.39 is 0 Å². The lowest BCUT2D eigenvalue weighted by Crippen LogP contribution is -2.11. The van der Waals surface area contributed by atoms with Crippen molar-refractivity contribution in [3.8, 4) is 0 Å². The van der Waals surface area contributed by atoms with Gasteiger partial charge in [-0.15, -0.1) is 0 Å². The van der Waals surface area contributed by atoms with Crippen LogP contribution in [-0.4, -0.2) is 33.7 Å². The van der Waals surface area contributed by atoms with Gasteiger partial charge in [0.25, 0.3) is 0 Å². The Balaban J connectivity index is 2.01. The second-order valence-electron chi connectivity index (χ2n) is 4.26. The highest BCUT2D eigenvalue weighted by Gasteiger charge is 2.08. The molecule has 0 aliphatic carbocycles. The summed E-state index contributed by atoms with van der Waals surface area (Å²) in [5.41, 5.74) is 0.995. The van der Waals surface area contributed by atoms with Crippen LogP contribution in [0.15, 0.2) is 4.52 Å². The molecule has 7 heteroatoms. The van der Waals surface area contributed by atoms with Crippen molar-refractivity contribution in [2.75, 3.05) is 24.2 Å². The normalized spacial score (nSPS) is 10.5. The third-order valence-corrected chi connectivity index (χ3v) is 2.70. The Bertz CT molecular complexity index is 565. The van der Waals surface area contributed by atoms with Crippen LogP contribution in [0.1, 0.15) is 23.1 Å². The first-order valence-electron chi connectivity index (χ1n) is 6.16. The van der Waals surface area contributed by atoms with Crippen LogP contribution in [0.2, 0.25) is 0 Å². The van der Waals surface area contributed by atoms with Gasteiger partial charge in [0.1, 0.15) is 17.5 Å². The van der Waals surface area contributed by atoms with Crippen LogP contribution >= 0.6 is 0 Å². The number of hydrogen-bond donors (Lipinski definition) is 2. The lowest BCUT2D eigenvalue weighted by atomic mass is 10.3. The molecule has 0 spiro atoms. The van der Waals surface area contributed by atoms with Gasteiger partial charge in [-0.3, -0.25) is 0 Å². The van der Waals surface area contributed by atoms with Crippen LogP contribution in [0, 0.1) is 20.8 Å². The van der Waals surface area contributed by atoms with Gasteiger partial charge in [0.05, 0.1) is 0 Å². The van der Waals surface area contributed by atoms with Crippen molar-refractivity contribution >= 4 is 11.6 Å². The van der Waals surface area contributed by atoms with Gasteiger partial charge in [-0.1, -0.05) is 5.16 Å². The Morgan fingerprint density at radius 2 is 1.74 bits per heavy atom. The lowest BCUT2D eigenvalue weighted by molar-refractivity contribution is 0.377. The van der Waals surface area contributed by atoms with Crippen molar-refractivity contribution in [1.29, 1.82) is 0 Å². The van der Waals surface area contributed by atoms with Crippen LogP contribution in [0.3, 0.4) is 0 Å². The van der Waals surface area contributed by atoms with Crippen LogP contribution in [0.25, 0.3) is 0 Å². The van der Waals surface area contributed by atoms with Crippen molar-refractivity contribution in [3.63, 3.8) is 0 Å². The summed E-state index contributed by atoms with van der Waals surface area (Å²) in [4.78, 5) is 12.9. The number of hydrogen-bond acceptors (Lipinski definition) is 7. The quantitative estimate of drug-likeness (QED) is 0.843.